The molecule has 1 aromatic carbocycles. The van der Waals surface area contributed by atoms with Crippen molar-refractivity contribution < 1.29 is 9.32 Å². The number of carbonyl (C=O) groups is 1. The second-order valence-corrected chi connectivity index (χ2v) is 6.81. The number of rotatable bonds is 4. The third-order valence-electron chi connectivity index (χ3n) is 4.32. The Hall–Kier alpha value is -2.47. The van der Waals surface area contributed by atoms with Crippen LogP contribution in [0.2, 0.25) is 0 Å². The lowest BCUT2D eigenvalue weighted by Crippen LogP contribution is -2.24. The summed E-state index contributed by atoms with van der Waals surface area (Å²) in [6.07, 6.45) is 1.41. The summed E-state index contributed by atoms with van der Waals surface area (Å²) < 4.78 is 5.35. The van der Waals surface area contributed by atoms with Gasteiger partial charge in [0.25, 0.3) is 5.89 Å². The Morgan fingerprint density at radius 1 is 1.29 bits per heavy atom. The van der Waals surface area contributed by atoms with Gasteiger partial charge in [-0.15, -0.1) is 11.3 Å². The minimum Gasteiger partial charge on any atom is -0.333 e. The Morgan fingerprint density at radius 3 is 2.83 bits per heavy atom. The Labute approximate surface area is 143 Å². The zero-order chi connectivity index (χ0) is 16.5. The Kier molecular flexibility index (Phi) is 3.90. The molecule has 6 heteroatoms. The number of carbonyl (C=O) groups excluding carboxylic acids is 1. The first kappa shape index (κ1) is 15.1. The van der Waals surface area contributed by atoms with E-state index in [1.165, 1.54) is 5.56 Å². The predicted octanol–water partition coefficient (Wildman–Crippen LogP) is 3.88. The van der Waals surface area contributed by atoms with E-state index in [4.69, 9.17) is 4.52 Å². The molecule has 0 saturated carbocycles. The number of thiophene rings is 1. The van der Waals surface area contributed by atoms with Crippen LogP contribution in [0.3, 0.4) is 0 Å². The van der Waals surface area contributed by atoms with Crippen LogP contribution >= 0.6 is 11.3 Å². The van der Waals surface area contributed by atoms with Gasteiger partial charge < -0.3 is 9.42 Å². The number of hydrogen-bond donors (Lipinski definition) is 0. The van der Waals surface area contributed by atoms with Crippen molar-refractivity contribution in [3.8, 4) is 10.8 Å². The van der Waals surface area contributed by atoms with Gasteiger partial charge in [0, 0.05) is 24.6 Å². The van der Waals surface area contributed by atoms with Crippen molar-refractivity contribution in [2.24, 2.45) is 0 Å². The molecule has 1 saturated heterocycles. The van der Waals surface area contributed by atoms with Crippen molar-refractivity contribution in [1.82, 2.24) is 10.1 Å². The molecule has 4 rings (SSSR count). The number of hydrogen-bond acceptors (Lipinski definition) is 5. The van der Waals surface area contributed by atoms with Crippen molar-refractivity contribution >= 4 is 22.9 Å². The number of benzene rings is 1. The topological polar surface area (TPSA) is 59.2 Å². The molecule has 0 N–H and O–H groups in total. The van der Waals surface area contributed by atoms with Gasteiger partial charge in [0.05, 0.1) is 4.88 Å². The van der Waals surface area contributed by atoms with Crippen LogP contribution in [0.4, 0.5) is 5.69 Å². The van der Waals surface area contributed by atoms with Crippen molar-refractivity contribution in [3.63, 3.8) is 0 Å². The molecule has 0 bridgehead atoms. The molecule has 1 fully saturated rings. The van der Waals surface area contributed by atoms with E-state index in [0.29, 0.717) is 24.7 Å². The second-order valence-electron chi connectivity index (χ2n) is 5.86. The molecule has 0 aliphatic carbocycles. The van der Waals surface area contributed by atoms with Crippen molar-refractivity contribution in [3.05, 3.63) is 53.2 Å². The molecule has 5 nitrogen and oxygen atoms in total. The molecule has 3 heterocycles. The lowest BCUT2D eigenvalue weighted by molar-refractivity contribution is -0.117. The molecule has 0 spiro atoms. The fraction of sp³-hybridized carbons (Fsp3) is 0.278. The minimum atomic E-state index is -0.0270. The largest absolute Gasteiger partial charge is 0.333 e. The number of anilines is 1. The fourth-order valence-corrected chi connectivity index (χ4v) is 3.59. The van der Waals surface area contributed by atoms with Crippen LogP contribution in [-0.4, -0.2) is 22.6 Å². The molecule has 1 amide bonds. The first-order valence-corrected chi connectivity index (χ1v) is 8.89. The van der Waals surface area contributed by atoms with Gasteiger partial charge in [-0.25, -0.2) is 0 Å². The van der Waals surface area contributed by atoms with Gasteiger partial charge in [-0.05, 0) is 35.6 Å². The molecule has 122 valence electrons. The molecule has 1 atom stereocenters. The summed E-state index contributed by atoms with van der Waals surface area (Å²) in [5.74, 6) is 1.21. The molecule has 24 heavy (non-hydrogen) atoms. The molecule has 0 unspecified atom stereocenters. The van der Waals surface area contributed by atoms with Crippen LogP contribution in [0.15, 0.2) is 46.3 Å². The van der Waals surface area contributed by atoms with Gasteiger partial charge in [0.15, 0.2) is 5.82 Å². The van der Waals surface area contributed by atoms with Crippen LogP contribution in [0.5, 0.6) is 0 Å². The van der Waals surface area contributed by atoms with Gasteiger partial charge in [0.2, 0.25) is 5.91 Å². The van der Waals surface area contributed by atoms with E-state index in [1.807, 2.05) is 34.5 Å². The average molecular weight is 339 g/mol. The van der Waals surface area contributed by atoms with Gasteiger partial charge >= 0.3 is 0 Å². The quantitative estimate of drug-likeness (QED) is 0.724. The molecule has 3 aromatic rings. The minimum absolute atomic E-state index is 0.0270. The highest BCUT2D eigenvalue weighted by Gasteiger charge is 2.34. The summed E-state index contributed by atoms with van der Waals surface area (Å²) in [5, 5.41) is 6.06. The maximum absolute atomic E-state index is 12.4. The summed E-state index contributed by atoms with van der Waals surface area (Å²) in [6, 6.07) is 12.0. The highest BCUT2D eigenvalue weighted by molar-refractivity contribution is 7.13. The Bertz CT molecular complexity index is 840. The van der Waals surface area contributed by atoms with E-state index < -0.39 is 0 Å². The lowest BCUT2D eigenvalue weighted by Gasteiger charge is -2.16. The fourth-order valence-electron chi connectivity index (χ4n) is 2.94. The molecular formula is C18H17N3O2S. The molecular weight excluding hydrogens is 322 g/mol. The smallest absolute Gasteiger partial charge is 0.267 e. The van der Waals surface area contributed by atoms with E-state index in [2.05, 4.69) is 29.2 Å². The zero-order valence-electron chi connectivity index (χ0n) is 13.3. The Balaban J connectivity index is 1.53. The van der Waals surface area contributed by atoms with E-state index in [1.54, 1.807) is 11.3 Å². The normalized spacial score (nSPS) is 17.6. The van der Waals surface area contributed by atoms with Crippen LogP contribution in [-0.2, 0) is 11.2 Å². The first-order chi connectivity index (χ1) is 11.7. The summed E-state index contributed by atoms with van der Waals surface area (Å²) in [7, 11) is 0. The number of nitrogens with zero attached hydrogens (tertiary/aromatic N) is 3. The van der Waals surface area contributed by atoms with E-state index >= 15 is 0 Å². The van der Waals surface area contributed by atoms with Gasteiger partial charge in [-0.3, -0.25) is 4.79 Å². The maximum Gasteiger partial charge on any atom is 0.267 e. The number of aromatic nitrogens is 2. The standard InChI is InChI=1S/C18H17N3O2S/c1-2-12-5-7-14(8-6-12)21-11-13(10-16(21)22)17-19-18(23-20-17)15-4-3-9-24-15/h3-9,13H,2,10-11H2,1H3/t13-/m0/s1. The van der Waals surface area contributed by atoms with Gasteiger partial charge in [-0.1, -0.05) is 30.3 Å². The summed E-state index contributed by atoms with van der Waals surface area (Å²) in [6.45, 7) is 2.71. The van der Waals surface area contributed by atoms with E-state index in [9.17, 15) is 4.79 Å². The van der Waals surface area contributed by atoms with Crippen LogP contribution in [0.25, 0.3) is 10.8 Å². The van der Waals surface area contributed by atoms with E-state index in [-0.39, 0.29) is 11.8 Å². The second kappa shape index (κ2) is 6.20. The third-order valence-corrected chi connectivity index (χ3v) is 5.18. The third kappa shape index (κ3) is 2.73. The van der Waals surface area contributed by atoms with Crippen molar-refractivity contribution in [1.29, 1.82) is 0 Å². The van der Waals surface area contributed by atoms with Gasteiger partial charge in [-0.2, -0.15) is 4.98 Å². The summed E-state index contributed by atoms with van der Waals surface area (Å²) >= 11 is 1.56. The lowest BCUT2D eigenvalue weighted by atomic mass is 10.1. The molecule has 2 aromatic heterocycles. The Morgan fingerprint density at radius 2 is 2.12 bits per heavy atom. The predicted molar refractivity (Wildman–Crippen MR) is 93.1 cm³/mol. The van der Waals surface area contributed by atoms with Crippen molar-refractivity contribution in [2.45, 2.75) is 25.7 Å². The highest BCUT2D eigenvalue weighted by Crippen LogP contribution is 2.32. The summed E-state index contributed by atoms with van der Waals surface area (Å²) in [4.78, 5) is 19.6. The summed E-state index contributed by atoms with van der Waals surface area (Å²) in [5.41, 5.74) is 2.20. The van der Waals surface area contributed by atoms with Crippen molar-refractivity contribution in [2.75, 3.05) is 11.4 Å². The number of amides is 1. The van der Waals surface area contributed by atoms with E-state index in [0.717, 1.165) is 17.0 Å². The van der Waals surface area contributed by atoms with Gasteiger partial charge in [0.1, 0.15) is 0 Å². The van der Waals surface area contributed by atoms with Crippen LogP contribution in [0, 0.1) is 0 Å². The molecule has 0 radical (unpaired) electrons. The van der Waals surface area contributed by atoms with Crippen LogP contribution < -0.4 is 4.90 Å². The molecule has 1 aliphatic heterocycles. The average Bonchev–Trinajstić information content (AvgIpc) is 3.34. The monoisotopic (exact) mass is 339 g/mol. The number of aryl methyl sites for hydroxylation is 1. The zero-order valence-corrected chi connectivity index (χ0v) is 14.1. The maximum atomic E-state index is 12.4. The molecule has 1 aliphatic rings. The van der Waals surface area contributed by atoms with Crippen LogP contribution in [0.1, 0.15) is 30.7 Å². The SMILES string of the molecule is CCc1ccc(N2C[C@@H](c3noc(-c4cccs4)n3)CC2=O)cc1. The first-order valence-electron chi connectivity index (χ1n) is 8.01. The highest BCUT2D eigenvalue weighted by atomic mass is 32.1.